The molecule has 0 saturated carbocycles. The molecule has 2 amide bonds. The number of carbonyl (C=O) groups excluding carboxylic acids is 2. The first-order chi connectivity index (χ1) is 8.81. The molecule has 0 aliphatic heterocycles. The van der Waals surface area contributed by atoms with Crippen LogP contribution in [0.5, 0.6) is 0 Å². The first-order valence-corrected chi connectivity index (χ1v) is 6.26. The van der Waals surface area contributed by atoms with Crippen LogP contribution >= 0.6 is 12.4 Å². The van der Waals surface area contributed by atoms with Gasteiger partial charge in [-0.15, -0.1) is 12.4 Å². The Morgan fingerprint density at radius 3 is 2.30 bits per heavy atom. The molecule has 20 heavy (non-hydrogen) atoms. The number of hydrogen-bond donors (Lipinski definition) is 3. The van der Waals surface area contributed by atoms with E-state index in [1.807, 2.05) is 26.8 Å². The number of rotatable bonds is 4. The number of aryl methyl sites for hydroxylation is 1. The highest BCUT2D eigenvalue weighted by Gasteiger charge is 2.17. The van der Waals surface area contributed by atoms with E-state index >= 15 is 0 Å². The van der Waals surface area contributed by atoms with Crippen LogP contribution in [0.1, 0.15) is 26.3 Å². The van der Waals surface area contributed by atoms with E-state index in [0.717, 1.165) is 5.56 Å². The summed E-state index contributed by atoms with van der Waals surface area (Å²) in [5.41, 5.74) is 8.01. The van der Waals surface area contributed by atoms with Crippen LogP contribution in [0.15, 0.2) is 18.2 Å². The first-order valence-electron chi connectivity index (χ1n) is 6.26. The average molecular weight is 300 g/mol. The predicted octanol–water partition coefficient (Wildman–Crippen LogP) is 2.30. The molecular formula is C14H22ClN3O2. The van der Waals surface area contributed by atoms with Gasteiger partial charge in [-0.05, 0) is 30.5 Å². The summed E-state index contributed by atoms with van der Waals surface area (Å²) in [5.74, 6) is -0.307. The molecule has 0 unspecified atom stereocenters. The van der Waals surface area contributed by atoms with Gasteiger partial charge in [0.15, 0.2) is 0 Å². The number of nitrogens with one attached hydrogen (secondary N) is 2. The second-order valence-electron chi connectivity index (χ2n) is 4.97. The lowest BCUT2D eigenvalue weighted by atomic mass is 10.0. The highest BCUT2D eigenvalue weighted by atomic mass is 35.5. The summed E-state index contributed by atoms with van der Waals surface area (Å²) in [6.45, 7) is 7.11. The lowest BCUT2D eigenvalue weighted by Gasteiger charge is -2.16. The van der Waals surface area contributed by atoms with Crippen molar-refractivity contribution in [1.82, 2.24) is 0 Å². The van der Waals surface area contributed by atoms with Gasteiger partial charge >= 0.3 is 0 Å². The third-order valence-electron chi connectivity index (χ3n) is 2.84. The molecule has 1 aromatic rings. The minimum Gasteiger partial charge on any atom is -0.326 e. The lowest BCUT2D eigenvalue weighted by Crippen LogP contribution is -2.39. The predicted molar refractivity (Wildman–Crippen MR) is 84.2 cm³/mol. The van der Waals surface area contributed by atoms with Crippen molar-refractivity contribution in [1.29, 1.82) is 0 Å². The van der Waals surface area contributed by atoms with E-state index in [9.17, 15) is 9.59 Å². The largest absolute Gasteiger partial charge is 0.326 e. The topological polar surface area (TPSA) is 84.2 Å². The Balaban J connectivity index is 0.00000361. The third-order valence-corrected chi connectivity index (χ3v) is 2.84. The van der Waals surface area contributed by atoms with Crippen LogP contribution in [0, 0.1) is 12.8 Å². The number of amides is 2. The summed E-state index contributed by atoms with van der Waals surface area (Å²) in [7, 11) is 0. The molecule has 0 spiro atoms. The molecule has 4 N–H and O–H groups in total. The summed E-state index contributed by atoms with van der Waals surface area (Å²) >= 11 is 0. The summed E-state index contributed by atoms with van der Waals surface area (Å²) < 4.78 is 0. The molecule has 0 saturated heterocycles. The van der Waals surface area contributed by atoms with Gasteiger partial charge in [0.1, 0.15) is 0 Å². The molecule has 5 nitrogen and oxygen atoms in total. The van der Waals surface area contributed by atoms with Gasteiger partial charge in [0.05, 0.1) is 6.04 Å². The van der Waals surface area contributed by atoms with E-state index in [2.05, 4.69) is 10.6 Å². The second-order valence-corrected chi connectivity index (χ2v) is 4.97. The van der Waals surface area contributed by atoms with Crippen LogP contribution < -0.4 is 16.4 Å². The molecule has 0 aliphatic rings. The number of carbonyl (C=O) groups is 2. The van der Waals surface area contributed by atoms with Crippen molar-refractivity contribution >= 4 is 35.6 Å². The number of hydrogen-bond acceptors (Lipinski definition) is 3. The van der Waals surface area contributed by atoms with Crippen molar-refractivity contribution in [2.75, 3.05) is 10.6 Å². The molecule has 0 radical (unpaired) electrons. The summed E-state index contributed by atoms with van der Waals surface area (Å²) in [6, 6.07) is 4.79. The molecule has 0 bridgehead atoms. The van der Waals surface area contributed by atoms with E-state index in [4.69, 9.17) is 5.73 Å². The van der Waals surface area contributed by atoms with Gasteiger partial charge < -0.3 is 16.4 Å². The normalized spacial score (nSPS) is 11.5. The van der Waals surface area contributed by atoms with Gasteiger partial charge in [-0.3, -0.25) is 9.59 Å². The van der Waals surface area contributed by atoms with Crippen molar-refractivity contribution < 1.29 is 9.59 Å². The Labute approximate surface area is 125 Å². The summed E-state index contributed by atoms with van der Waals surface area (Å²) in [4.78, 5) is 22.9. The Morgan fingerprint density at radius 2 is 1.80 bits per heavy atom. The van der Waals surface area contributed by atoms with Crippen LogP contribution in [0.4, 0.5) is 11.4 Å². The fraction of sp³-hybridized carbons (Fsp3) is 0.429. The maximum atomic E-state index is 11.8. The summed E-state index contributed by atoms with van der Waals surface area (Å²) in [6.07, 6.45) is 0. The highest BCUT2D eigenvalue weighted by molar-refractivity contribution is 5.96. The van der Waals surface area contributed by atoms with E-state index in [-0.39, 0.29) is 30.1 Å². The van der Waals surface area contributed by atoms with Crippen molar-refractivity contribution in [3.8, 4) is 0 Å². The van der Waals surface area contributed by atoms with Crippen LogP contribution in [0.25, 0.3) is 0 Å². The molecule has 0 fully saturated rings. The van der Waals surface area contributed by atoms with Crippen LogP contribution in [0.3, 0.4) is 0 Å². The summed E-state index contributed by atoms with van der Waals surface area (Å²) in [5, 5.41) is 5.47. The molecule has 0 aromatic heterocycles. The average Bonchev–Trinajstić information content (AvgIpc) is 2.31. The zero-order chi connectivity index (χ0) is 14.6. The smallest absolute Gasteiger partial charge is 0.241 e. The van der Waals surface area contributed by atoms with Crippen LogP contribution in [0.2, 0.25) is 0 Å². The van der Waals surface area contributed by atoms with Crippen molar-refractivity contribution in [3.63, 3.8) is 0 Å². The second kappa shape index (κ2) is 7.87. The molecule has 0 aliphatic carbocycles. The maximum absolute atomic E-state index is 11.8. The van der Waals surface area contributed by atoms with Crippen molar-refractivity contribution in [2.45, 2.75) is 33.7 Å². The van der Waals surface area contributed by atoms with Gasteiger partial charge in [0, 0.05) is 18.3 Å². The Morgan fingerprint density at radius 1 is 1.20 bits per heavy atom. The zero-order valence-corrected chi connectivity index (χ0v) is 13.0. The third kappa shape index (κ3) is 5.19. The molecule has 1 rings (SSSR count). The molecule has 6 heteroatoms. The molecule has 0 heterocycles. The van der Waals surface area contributed by atoms with Crippen molar-refractivity contribution in [2.24, 2.45) is 11.7 Å². The van der Waals surface area contributed by atoms with Gasteiger partial charge in [-0.2, -0.15) is 0 Å². The van der Waals surface area contributed by atoms with Gasteiger partial charge in [0.25, 0.3) is 0 Å². The van der Waals surface area contributed by atoms with Crippen LogP contribution in [-0.2, 0) is 9.59 Å². The lowest BCUT2D eigenvalue weighted by molar-refractivity contribution is -0.118. The number of anilines is 2. The SMILES string of the molecule is CC(=O)Nc1cc(NC(=O)[C@@H](N)C(C)C)ccc1C.Cl. The van der Waals surface area contributed by atoms with E-state index in [1.54, 1.807) is 12.1 Å². The quantitative estimate of drug-likeness (QED) is 0.797. The molecule has 1 aromatic carbocycles. The fourth-order valence-corrected chi connectivity index (χ4v) is 1.55. The van der Waals surface area contributed by atoms with Gasteiger partial charge in [-0.1, -0.05) is 19.9 Å². The van der Waals surface area contributed by atoms with E-state index < -0.39 is 6.04 Å². The highest BCUT2D eigenvalue weighted by Crippen LogP contribution is 2.20. The van der Waals surface area contributed by atoms with Gasteiger partial charge in [-0.25, -0.2) is 0 Å². The minimum absolute atomic E-state index is 0. The van der Waals surface area contributed by atoms with Crippen LogP contribution in [-0.4, -0.2) is 17.9 Å². The Kier molecular flexibility index (Phi) is 7.24. The number of nitrogens with two attached hydrogens (primary N) is 1. The zero-order valence-electron chi connectivity index (χ0n) is 12.2. The Hall–Kier alpha value is -1.59. The maximum Gasteiger partial charge on any atom is 0.241 e. The molecule has 112 valence electrons. The number of halogens is 1. The molecule has 1 atom stereocenters. The fourth-order valence-electron chi connectivity index (χ4n) is 1.55. The van der Waals surface area contributed by atoms with E-state index in [1.165, 1.54) is 6.92 Å². The standard InChI is InChI=1S/C14H21N3O2.ClH/c1-8(2)13(15)14(19)17-11-6-5-9(3)12(7-11)16-10(4)18;/h5-8,13H,15H2,1-4H3,(H,16,18)(H,17,19);1H/t13-;/m0./s1. The van der Waals surface area contributed by atoms with E-state index in [0.29, 0.717) is 11.4 Å². The molecular weight excluding hydrogens is 278 g/mol. The minimum atomic E-state index is -0.550. The van der Waals surface area contributed by atoms with Gasteiger partial charge in [0.2, 0.25) is 11.8 Å². The Bertz CT molecular complexity index is 489. The first kappa shape index (κ1) is 18.4. The number of benzene rings is 1. The van der Waals surface area contributed by atoms with Crippen molar-refractivity contribution in [3.05, 3.63) is 23.8 Å². The monoisotopic (exact) mass is 299 g/mol.